The standard InChI is InChI=1S/C21H23NO/c1-21(22-2,18-11-4-3-5-12-18)15-16-23-20-14-8-10-17-9-6-7-13-19(17)20/h3-14,22H,15-16H2,1-2H3. The summed E-state index contributed by atoms with van der Waals surface area (Å²) in [7, 11) is 2.00. The highest BCUT2D eigenvalue weighted by Crippen LogP contribution is 2.28. The lowest BCUT2D eigenvalue weighted by Crippen LogP contribution is -2.38. The Morgan fingerprint density at radius 3 is 2.35 bits per heavy atom. The summed E-state index contributed by atoms with van der Waals surface area (Å²) >= 11 is 0. The normalized spacial score (nSPS) is 13.7. The van der Waals surface area contributed by atoms with E-state index in [0.717, 1.165) is 12.2 Å². The smallest absolute Gasteiger partial charge is 0.127 e. The van der Waals surface area contributed by atoms with Gasteiger partial charge in [-0.15, -0.1) is 0 Å². The maximum Gasteiger partial charge on any atom is 0.127 e. The van der Waals surface area contributed by atoms with Gasteiger partial charge in [-0.05, 0) is 31.0 Å². The van der Waals surface area contributed by atoms with Crippen LogP contribution in [0.5, 0.6) is 5.75 Å². The van der Waals surface area contributed by atoms with E-state index in [2.05, 4.69) is 66.8 Å². The molecule has 0 bridgehead atoms. The van der Waals surface area contributed by atoms with Gasteiger partial charge in [0.05, 0.1) is 6.61 Å². The van der Waals surface area contributed by atoms with Gasteiger partial charge in [-0.2, -0.15) is 0 Å². The SMILES string of the molecule is CNC(C)(CCOc1cccc2ccccc12)c1ccccc1. The van der Waals surface area contributed by atoms with Gasteiger partial charge in [0.15, 0.2) is 0 Å². The third kappa shape index (κ3) is 3.38. The van der Waals surface area contributed by atoms with Crippen molar-refractivity contribution in [1.82, 2.24) is 5.32 Å². The number of rotatable bonds is 6. The topological polar surface area (TPSA) is 21.3 Å². The molecule has 0 saturated heterocycles. The van der Waals surface area contributed by atoms with Crippen LogP contribution in [-0.2, 0) is 5.54 Å². The van der Waals surface area contributed by atoms with E-state index in [0.29, 0.717) is 6.61 Å². The highest BCUT2D eigenvalue weighted by molar-refractivity contribution is 5.88. The van der Waals surface area contributed by atoms with Crippen LogP contribution in [0.3, 0.4) is 0 Å². The molecule has 1 atom stereocenters. The van der Waals surface area contributed by atoms with E-state index in [1.807, 2.05) is 25.2 Å². The Balaban J connectivity index is 1.73. The summed E-state index contributed by atoms with van der Waals surface area (Å²) in [5, 5.41) is 5.82. The Bertz CT molecular complexity index is 764. The van der Waals surface area contributed by atoms with Crippen LogP contribution in [0.2, 0.25) is 0 Å². The molecule has 3 aromatic rings. The van der Waals surface area contributed by atoms with Gasteiger partial charge >= 0.3 is 0 Å². The van der Waals surface area contributed by atoms with Crippen molar-refractivity contribution >= 4 is 10.8 Å². The largest absolute Gasteiger partial charge is 0.493 e. The highest BCUT2D eigenvalue weighted by atomic mass is 16.5. The molecule has 0 aliphatic carbocycles. The van der Waals surface area contributed by atoms with Crippen LogP contribution in [0.4, 0.5) is 0 Å². The summed E-state index contributed by atoms with van der Waals surface area (Å²) in [5.41, 5.74) is 1.19. The lowest BCUT2D eigenvalue weighted by Gasteiger charge is -2.30. The second-order valence-electron chi connectivity index (χ2n) is 6.02. The fraction of sp³-hybridized carbons (Fsp3) is 0.238. The van der Waals surface area contributed by atoms with E-state index >= 15 is 0 Å². The molecule has 0 aliphatic rings. The van der Waals surface area contributed by atoms with Gasteiger partial charge < -0.3 is 10.1 Å². The van der Waals surface area contributed by atoms with Crippen molar-refractivity contribution in [2.24, 2.45) is 0 Å². The molecular formula is C21H23NO. The lowest BCUT2D eigenvalue weighted by molar-refractivity contribution is 0.248. The van der Waals surface area contributed by atoms with E-state index in [4.69, 9.17) is 4.74 Å². The molecule has 0 aromatic heterocycles. The molecule has 0 spiro atoms. The number of hydrogen-bond donors (Lipinski definition) is 1. The van der Waals surface area contributed by atoms with Crippen LogP contribution >= 0.6 is 0 Å². The minimum atomic E-state index is -0.0914. The van der Waals surface area contributed by atoms with Crippen molar-refractivity contribution in [3.8, 4) is 5.75 Å². The maximum absolute atomic E-state index is 6.10. The van der Waals surface area contributed by atoms with E-state index in [-0.39, 0.29) is 5.54 Å². The third-order valence-corrected chi connectivity index (χ3v) is 4.57. The zero-order valence-electron chi connectivity index (χ0n) is 13.8. The summed E-state index contributed by atoms with van der Waals surface area (Å²) in [4.78, 5) is 0. The fourth-order valence-electron chi connectivity index (χ4n) is 2.91. The molecule has 2 heteroatoms. The molecule has 3 rings (SSSR count). The monoisotopic (exact) mass is 305 g/mol. The first-order valence-electron chi connectivity index (χ1n) is 8.08. The average molecular weight is 305 g/mol. The van der Waals surface area contributed by atoms with Crippen molar-refractivity contribution < 1.29 is 4.74 Å². The van der Waals surface area contributed by atoms with Gasteiger partial charge in [-0.1, -0.05) is 66.7 Å². The van der Waals surface area contributed by atoms with Gasteiger partial charge in [0.2, 0.25) is 0 Å². The Hall–Kier alpha value is -2.32. The highest BCUT2D eigenvalue weighted by Gasteiger charge is 2.24. The van der Waals surface area contributed by atoms with Crippen LogP contribution in [-0.4, -0.2) is 13.7 Å². The van der Waals surface area contributed by atoms with E-state index in [9.17, 15) is 0 Å². The molecule has 0 aliphatic heterocycles. The predicted octanol–water partition coefficient (Wildman–Crippen LogP) is 4.74. The molecule has 3 aromatic carbocycles. The summed E-state index contributed by atoms with van der Waals surface area (Å²) in [6.45, 7) is 2.88. The molecule has 0 radical (unpaired) electrons. The zero-order valence-corrected chi connectivity index (χ0v) is 13.8. The van der Waals surface area contributed by atoms with Crippen LogP contribution in [0.25, 0.3) is 10.8 Å². The average Bonchev–Trinajstić information content (AvgIpc) is 2.62. The molecular weight excluding hydrogens is 282 g/mol. The number of benzene rings is 3. The van der Waals surface area contributed by atoms with Crippen LogP contribution in [0.1, 0.15) is 18.9 Å². The van der Waals surface area contributed by atoms with Crippen LogP contribution < -0.4 is 10.1 Å². The quantitative estimate of drug-likeness (QED) is 0.710. The number of hydrogen-bond acceptors (Lipinski definition) is 2. The Morgan fingerprint density at radius 1 is 0.870 bits per heavy atom. The van der Waals surface area contributed by atoms with Gasteiger partial charge in [0, 0.05) is 17.3 Å². The number of fused-ring (bicyclic) bond motifs is 1. The minimum Gasteiger partial charge on any atom is -0.493 e. The van der Waals surface area contributed by atoms with Crippen molar-refractivity contribution in [1.29, 1.82) is 0 Å². The zero-order chi connectivity index (χ0) is 16.1. The van der Waals surface area contributed by atoms with Gasteiger partial charge in [-0.3, -0.25) is 0 Å². The molecule has 0 heterocycles. The first-order valence-corrected chi connectivity index (χ1v) is 8.08. The minimum absolute atomic E-state index is 0.0914. The van der Waals surface area contributed by atoms with Gasteiger partial charge in [0.1, 0.15) is 5.75 Å². The Labute approximate surface area is 138 Å². The van der Waals surface area contributed by atoms with E-state index in [1.54, 1.807) is 0 Å². The first kappa shape index (κ1) is 15.6. The second-order valence-corrected chi connectivity index (χ2v) is 6.02. The number of nitrogens with one attached hydrogen (secondary N) is 1. The van der Waals surface area contributed by atoms with Crippen molar-refractivity contribution in [2.75, 3.05) is 13.7 Å². The molecule has 118 valence electrons. The summed E-state index contributed by atoms with van der Waals surface area (Å²) in [5.74, 6) is 0.953. The van der Waals surface area contributed by atoms with E-state index < -0.39 is 0 Å². The van der Waals surface area contributed by atoms with Gasteiger partial charge in [-0.25, -0.2) is 0 Å². The fourth-order valence-corrected chi connectivity index (χ4v) is 2.91. The van der Waals surface area contributed by atoms with Crippen molar-refractivity contribution in [2.45, 2.75) is 18.9 Å². The molecule has 2 nitrogen and oxygen atoms in total. The molecule has 0 fully saturated rings. The van der Waals surface area contributed by atoms with Crippen molar-refractivity contribution in [3.63, 3.8) is 0 Å². The Kier molecular flexibility index (Phi) is 4.63. The summed E-state index contributed by atoms with van der Waals surface area (Å²) in [6.07, 6.45) is 0.900. The summed E-state index contributed by atoms with van der Waals surface area (Å²) < 4.78 is 6.10. The number of ether oxygens (including phenoxy) is 1. The molecule has 0 amide bonds. The van der Waals surface area contributed by atoms with Crippen LogP contribution in [0.15, 0.2) is 72.8 Å². The first-order chi connectivity index (χ1) is 11.2. The molecule has 23 heavy (non-hydrogen) atoms. The lowest BCUT2D eigenvalue weighted by atomic mass is 9.89. The predicted molar refractivity (Wildman–Crippen MR) is 96.9 cm³/mol. The van der Waals surface area contributed by atoms with Crippen LogP contribution in [0, 0.1) is 0 Å². The second kappa shape index (κ2) is 6.84. The molecule has 1 unspecified atom stereocenters. The maximum atomic E-state index is 6.10. The van der Waals surface area contributed by atoms with Crippen molar-refractivity contribution in [3.05, 3.63) is 78.4 Å². The molecule has 0 saturated carbocycles. The third-order valence-electron chi connectivity index (χ3n) is 4.57. The van der Waals surface area contributed by atoms with E-state index in [1.165, 1.54) is 16.3 Å². The summed E-state index contributed by atoms with van der Waals surface area (Å²) in [6, 6.07) is 25.1. The molecule has 1 N–H and O–H groups in total. The van der Waals surface area contributed by atoms with Gasteiger partial charge in [0.25, 0.3) is 0 Å². The Morgan fingerprint density at radius 2 is 1.57 bits per heavy atom.